The van der Waals surface area contributed by atoms with Gasteiger partial charge in [0.05, 0.1) is 9.88 Å². The van der Waals surface area contributed by atoms with Crippen LogP contribution in [0.2, 0.25) is 0 Å². The quantitative estimate of drug-likeness (QED) is 0.660. The van der Waals surface area contributed by atoms with Crippen molar-refractivity contribution in [3.8, 4) is 0 Å². The standard InChI is InChI=1S/C7H9NOS/c1-2-5-3-6(4-9)10-7(5)8/h3-4H,2,8H2,1H3. The number of aldehydes is 1. The van der Waals surface area contributed by atoms with E-state index in [4.69, 9.17) is 5.73 Å². The lowest BCUT2D eigenvalue weighted by Gasteiger charge is -1.88. The molecule has 3 heteroatoms. The number of hydrogen-bond acceptors (Lipinski definition) is 3. The van der Waals surface area contributed by atoms with Crippen molar-refractivity contribution in [3.05, 3.63) is 16.5 Å². The zero-order valence-electron chi connectivity index (χ0n) is 5.76. The topological polar surface area (TPSA) is 43.1 Å². The first kappa shape index (κ1) is 7.28. The van der Waals surface area contributed by atoms with Crippen LogP contribution in [0, 0.1) is 0 Å². The average Bonchev–Trinajstić information content (AvgIpc) is 2.30. The molecule has 0 spiro atoms. The molecule has 1 rings (SSSR count). The fourth-order valence-electron chi connectivity index (χ4n) is 0.799. The van der Waals surface area contributed by atoms with Gasteiger partial charge in [-0.25, -0.2) is 0 Å². The number of anilines is 1. The number of rotatable bonds is 2. The molecule has 10 heavy (non-hydrogen) atoms. The number of nitrogen functional groups attached to an aromatic ring is 1. The minimum atomic E-state index is 0.717. The van der Waals surface area contributed by atoms with Gasteiger partial charge in [0.1, 0.15) is 0 Å². The summed E-state index contributed by atoms with van der Waals surface area (Å²) in [4.78, 5) is 11.0. The number of aryl methyl sites for hydroxylation is 1. The van der Waals surface area contributed by atoms with Crippen LogP contribution in [-0.2, 0) is 6.42 Å². The Labute approximate surface area is 63.7 Å². The first-order valence-corrected chi connectivity index (χ1v) is 3.93. The molecule has 2 N–H and O–H groups in total. The number of thiophene rings is 1. The largest absolute Gasteiger partial charge is 0.390 e. The molecule has 1 aromatic rings. The summed E-state index contributed by atoms with van der Waals surface area (Å²) in [6, 6.07) is 1.84. The second-order valence-electron chi connectivity index (χ2n) is 2.01. The predicted molar refractivity (Wildman–Crippen MR) is 43.5 cm³/mol. The summed E-state index contributed by atoms with van der Waals surface area (Å²) < 4.78 is 0. The van der Waals surface area contributed by atoms with Crippen molar-refractivity contribution in [2.45, 2.75) is 13.3 Å². The van der Waals surface area contributed by atoms with Gasteiger partial charge in [-0.05, 0) is 18.1 Å². The van der Waals surface area contributed by atoms with Crippen molar-refractivity contribution >= 4 is 22.6 Å². The van der Waals surface area contributed by atoms with Crippen molar-refractivity contribution in [1.82, 2.24) is 0 Å². The summed E-state index contributed by atoms with van der Waals surface area (Å²) in [5.74, 6) is 0. The third kappa shape index (κ3) is 1.19. The minimum Gasteiger partial charge on any atom is -0.390 e. The van der Waals surface area contributed by atoms with Gasteiger partial charge in [-0.2, -0.15) is 0 Å². The van der Waals surface area contributed by atoms with Crippen LogP contribution in [0.25, 0.3) is 0 Å². The Morgan fingerprint density at radius 2 is 2.50 bits per heavy atom. The summed E-state index contributed by atoms with van der Waals surface area (Å²) in [7, 11) is 0. The Morgan fingerprint density at radius 3 is 2.80 bits per heavy atom. The molecular weight excluding hydrogens is 146 g/mol. The zero-order valence-corrected chi connectivity index (χ0v) is 6.57. The maximum absolute atomic E-state index is 10.2. The molecule has 1 aromatic heterocycles. The second-order valence-corrected chi connectivity index (χ2v) is 3.13. The van der Waals surface area contributed by atoms with E-state index in [9.17, 15) is 4.79 Å². The molecule has 0 aliphatic rings. The second kappa shape index (κ2) is 2.84. The van der Waals surface area contributed by atoms with Crippen LogP contribution in [0.15, 0.2) is 6.07 Å². The van der Waals surface area contributed by atoms with Gasteiger partial charge in [0, 0.05) is 0 Å². The van der Waals surface area contributed by atoms with Crippen molar-refractivity contribution in [2.75, 3.05) is 5.73 Å². The monoisotopic (exact) mass is 155 g/mol. The van der Waals surface area contributed by atoms with E-state index in [0.29, 0.717) is 4.88 Å². The Hall–Kier alpha value is -0.830. The molecule has 0 atom stereocenters. The molecule has 0 unspecified atom stereocenters. The van der Waals surface area contributed by atoms with Crippen LogP contribution in [0.4, 0.5) is 5.00 Å². The normalized spacial score (nSPS) is 9.70. The van der Waals surface area contributed by atoms with Crippen LogP contribution in [0.3, 0.4) is 0 Å². The van der Waals surface area contributed by atoms with Gasteiger partial charge < -0.3 is 5.73 Å². The lowest BCUT2D eigenvalue weighted by molar-refractivity contribution is 0.112. The van der Waals surface area contributed by atoms with Crippen LogP contribution in [0.1, 0.15) is 22.2 Å². The van der Waals surface area contributed by atoms with Gasteiger partial charge in [0.15, 0.2) is 6.29 Å². The molecule has 0 aliphatic carbocycles. The van der Waals surface area contributed by atoms with Crippen molar-refractivity contribution in [1.29, 1.82) is 0 Å². The Kier molecular flexibility index (Phi) is 2.06. The molecule has 2 nitrogen and oxygen atoms in total. The van der Waals surface area contributed by atoms with Crippen molar-refractivity contribution < 1.29 is 4.79 Å². The molecule has 0 bridgehead atoms. The molecule has 0 aliphatic heterocycles. The number of carbonyl (C=O) groups is 1. The summed E-state index contributed by atoms with van der Waals surface area (Å²) >= 11 is 1.35. The van der Waals surface area contributed by atoms with Gasteiger partial charge in [-0.1, -0.05) is 6.92 Å². The summed E-state index contributed by atoms with van der Waals surface area (Å²) in [6.45, 7) is 2.02. The minimum absolute atomic E-state index is 0.717. The van der Waals surface area contributed by atoms with Crippen LogP contribution in [-0.4, -0.2) is 6.29 Å². The van der Waals surface area contributed by atoms with E-state index in [2.05, 4.69) is 0 Å². The number of carbonyl (C=O) groups excluding carboxylic acids is 1. The lowest BCUT2D eigenvalue weighted by Crippen LogP contribution is -1.83. The van der Waals surface area contributed by atoms with E-state index < -0.39 is 0 Å². The molecule has 0 fully saturated rings. The van der Waals surface area contributed by atoms with E-state index in [1.165, 1.54) is 11.3 Å². The van der Waals surface area contributed by atoms with E-state index in [1.54, 1.807) is 0 Å². The first-order valence-electron chi connectivity index (χ1n) is 3.11. The third-order valence-electron chi connectivity index (χ3n) is 1.36. The van der Waals surface area contributed by atoms with Crippen molar-refractivity contribution in [2.24, 2.45) is 0 Å². The lowest BCUT2D eigenvalue weighted by atomic mass is 10.2. The molecule has 1 heterocycles. The maximum atomic E-state index is 10.2. The highest BCUT2D eigenvalue weighted by molar-refractivity contribution is 7.17. The predicted octanol–water partition coefficient (Wildman–Crippen LogP) is 1.71. The van der Waals surface area contributed by atoms with Crippen LogP contribution in [0.5, 0.6) is 0 Å². The fraction of sp³-hybridized carbons (Fsp3) is 0.286. The van der Waals surface area contributed by atoms with Crippen molar-refractivity contribution in [3.63, 3.8) is 0 Å². The highest BCUT2D eigenvalue weighted by Crippen LogP contribution is 2.23. The van der Waals surface area contributed by atoms with Gasteiger partial charge in [0.2, 0.25) is 0 Å². The highest BCUT2D eigenvalue weighted by atomic mass is 32.1. The first-order chi connectivity index (χ1) is 4.77. The SMILES string of the molecule is CCc1cc(C=O)sc1N. The van der Waals surface area contributed by atoms with E-state index in [-0.39, 0.29) is 0 Å². The number of nitrogens with two attached hydrogens (primary N) is 1. The molecule has 0 saturated heterocycles. The van der Waals surface area contributed by atoms with Gasteiger partial charge in [-0.3, -0.25) is 4.79 Å². The summed E-state index contributed by atoms with van der Waals surface area (Å²) in [5, 5.41) is 0.768. The smallest absolute Gasteiger partial charge is 0.160 e. The van der Waals surface area contributed by atoms with E-state index in [0.717, 1.165) is 23.3 Å². The zero-order chi connectivity index (χ0) is 7.56. The number of hydrogen-bond donors (Lipinski definition) is 1. The van der Waals surface area contributed by atoms with Crippen LogP contribution < -0.4 is 5.73 Å². The van der Waals surface area contributed by atoms with Crippen LogP contribution >= 0.6 is 11.3 Å². The molecule has 0 aromatic carbocycles. The molecule has 0 saturated carbocycles. The third-order valence-corrected chi connectivity index (χ3v) is 2.29. The Balaban J connectivity index is 3.03. The Bertz CT molecular complexity index is 242. The average molecular weight is 155 g/mol. The maximum Gasteiger partial charge on any atom is 0.160 e. The van der Waals surface area contributed by atoms with Gasteiger partial charge in [-0.15, -0.1) is 11.3 Å². The fourth-order valence-corrected chi connectivity index (χ4v) is 1.64. The molecule has 0 amide bonds. The Morgan fingerprint density at radius 1 is 1.80 bits per heavy atom. The molecule has 0 radical (unpaired) electrons. The van der Waals surface area contributed by atoms with Gasteiger partial charge in [0.25, 0.3) is 0 Å². The summed E-state index contributed by atoms with van der Waals surface area (Å²) in [5.41, 5.74) is 6.66. The summed E-state index contributed by atoms with van der Waals surface area (Å²) in [6.07, 6.45) is 1.73. The van der Waals surface area contributed by atoms with Gasteiger partial charge >= 0.3 is 0 Å². The van der Waals surface area contributed by atoms with E-state index >= 15 is 0 Å². The molecular formula is C7H9NOS. The molecule has 54 valence electrons. The highest BCUT2D eigenvalue weighted by Gasteiger charge is 2.01. The van der Waals surface area contributed by atoms with E-state index in [1.807, 2.05) is 13.0 Å².